The first-order valence-corrected chi connectivity index (χ1v) is 12.3. The van der Waals surface area contributed by atoms with Gasteiger partial charge in [0.15, 0.2) is 10.8 Å². The highest BCUT2D eigenvalue weighted by molar-refractivity contribution is 8.00. The first-order chi connectivity index (χ1) is 16.2. The summed E-state index contributed by atoms with van der Waals surface area (Å²) >= 11 is 2.32. The third-order valence-electron chi connectivity index (χ3n) is 5.29. The summed E-state index contributed by atoms with van der Waals surface area (Å²) in [5, 5.41) is 17.1. The molecule has 4 N–H and O–H groups in total. The zero-order valence-corrected chi connectivity index (χ0v) is 20.0. The molecule has 3 atom stereocenters. The number of esters is 1. The first-order valence-electron chi connectivity index (χ1n) is 10.4. The molecule has 2 amide bonds. The van der Waals surface area contributed by atoms with Crippen LogP contribution in [0.15, 0.2) is 23.2 Å². The molecule has 34 heavy (non-hydrogen) atoms. The molecule has 2 aliphatic rings. The van der Waals surface area contributed by atoms with Crippen LogP contribution in [0.25, 0.3) is 0 Å². The molecule has 1 aromatic rings. The fourth-order valence-electron chi connectivity index (χ4n) is 3.27. The number of fused-ring (bicyclic) bond motifs is 1. The van der Waals surface area contributed by atoms with Crippen LogP contribution in [0.3, 0.4) is 0 Å². The molecule has 0 spiro atoms. The highest BCUT2D eigenvalue weighted by atomic mass is 32.2. The predicted molar refractivity (Wildman–Crippen MR) is 125 cm³/mol. The summed E-state index contributed by atoms with van der Waals surface area (Å²) < 4.78 is 4.97. The van der Waals surface area contributed by atoms with Gasteiger partial charge in [0, 0.05) is 17.7 Å². The second-order valence-electron chi connectivity index (χ2n) is 7.64. The zero-order valence-electron chi connectivity index (χ0n) is 18.4. The molecule has 3 rings (SSSR count). The van der Waals surface area contributed by atoms with Gasteiger partial charge in [-0.3, -0.25) is 14.4 Å². The molecule has 12 nitrogen and oxygen atoms in total. The van der Waals surface area contributed by atoms with Gasteiger partial charge in [-0.2, -0.15) is 0 Å². The Labute approximate surface area is 203 Å². The molecule has 0 aliphatic carbocycles. The van der Waals surface area contributed by atoms with Crippen molar-refractivity contribution < 1.29 is 33.9 Å². The number of anilines is 1. The molecule has 2 aliphatic heterocycles. The second-order valence-corrected chi connectivity index (χ2v) is 9.64. The molecule has 2 fully saturated rings. The SMILES string of the molecule is C=CC1(C(=O)O)CS[C@@H]2C(NC(=O)C(=NOCC(=O)OCCCC)c3csc(N)n3)C(=O)N2C1. The number of carboxylic acids is 1. The van der Waals surface area contributed by atoms with E-state index in [-0.39, 0.29) is 35.4 Å². The minimum atomic E-state index is -1.24. The number of rotatable bonds is 11. The van der Waals surface area contributed by atoms with Gasteiger partial charge in [0.25, 0.3) is 5.91 Å². The van der Waals surface area contributed by atoms with Crippen LogP contribution in [0.1, 0.15) is 25.5 Å². The maximum atomic E-state index is 13.0. The van der Waals surface area contributed by atoms with Gasteiger partial charge >= 0.3 is 11.9 Å². The van der Waals surface area contributed by atoms with Crippen molar-refractivity contribution in [2.75, 3.05) is 31.2 Å². The quantitative estimate of drug-likeness (QED) is 0.0945. The Morgan fingerprint density at radius 1 is 1.50 bits per heavy atom. The number of hydrogen-bond donors (Lipinski definition) is 3. The van der Waals surface area contributed by atoms with Crippen molar-refractivity contribution in [2.45, 2.75) is 31.2 Å². The van der Waals surface area contributed by atoms with Crippen molar-refractivity contribution in [2.24, 2.45) is 10.6 Å². The van der Waals surface area contributed by atoms with Crippen LogP contribution in [-0.4, -0.2) is 81.4 Å². The molecular formula is C20H25N5O7S2. The Morgan fingerprint density at radius 3 is 2.88 bits per heavy atom. The fourth-order valence-corrected chi connectivity index (χ4v) is 5.35. The number of amides is 2. The number of carboxylic acid groups (broad SMARTS) is 1. The number of aromatic nitrogens is 1. The number of nitrogens with one attached hydrogen (secondary N) is 1. The van der Waals surface area contributed by atoms with Crippen molar-refractivity contribution in [3.63, 3.8) is 0 Å². The van der Waals surface area contributed by atoms with Gasteiger partial charge in [-0.1, -0.05) is 24.6 Å². The molecule has 0 saturated carbocycles. The highest BCUT2D eigenvalue weighted by Crippen LogP contribution is 2.42. The fraction of sp³-hybridized carbons (Fsp3) is 0.500. The summed E-state index contributed by atoms with van der Waals surface area (Å²) in [7, 11) is 0. The van der Waals surface area contributed by atoms with E-state index < -0.39 is 47.2 Å². The average Bonchev–Trinajstić information content (AvgIpc) is 3.25. The van der Waals surface area contributed by atoms with E-state index in [0.717, 1.165) is 17.8 Å². The third kappa shape index (κ3) is 5.33. The molecule has 0 radical (unpaired) electrons. The molecule has 0 bridgehead atoms. The van der Waals surface area contributed by atoms with Crippen LogP contribution >= 0.6 is 23.1 Å². The lowest BCUT2D eigenvalue weighted by Gasteiger charge is -2.53. The number of thioether (sulfide) groups is 1. The number of carbonyl (C=O) groups excluding carboxylic acids is 3. The van der Waals surface area contributed by atoms with Gasteiger partial charge in [0.2, 0.25) is 12.5 Å². The lowest BCUT2D eigenvalue weighted by molar-refractivity contribution is -0.156. The maximum absolute atomic E-state index is 13.0. The van der Waals surface area contributed by atoms with E-state index >= 15 is 0 Å². The lowest BCUT2D eigenvalue weighted by atomic mass is 9.87. The maximum Gasteiger partial charge on any atom is 0.347 e. The van der Waals surface area contributed by atoms with Gasteiger partial charge in [-0.05, 0) is 6.42 Å². The van der Waals surface area contributed by atoms with E-state index in [2.05, 4.69) is 22.0 Å². The first kappa shape index (κ1) is 25.5. The normalized spacial score (nSPS) is 24.0. The molecule has 0 aromatic carbocycles. The summed E-state index contributed by atoms with van der Waals surface area (Å²) in [6, 6.07) is -0.880. The number of nitrogens with two attached hydrogens (primary N) is 1. The number of nitrogen functional groups attached to an aromatic ring is 1. The Balaban J connectivity index is 1.66. The summed E-state index contributed by atoms with van der Waals surface area (Å²) in [6.07, 6.45) is 2.91. The van der Waals surface area contributed by atoms with Gasteiger partial charge in [-0.25, -0.2) is 9.78 Å². The minimum absolute atomic E-state index is 0.0263. The van der Waals surface area contributed by atoms with Crippen LogP contribution in [0.4, 0.5) is 5.13 Å². The smallest absolute Gasteiger partial charge is 0.347 e. The van der Waals surface area contributed by atoms with Crippen molar-refractivity contribution in [1.29, 1.82) is 0 Å². The summed E-state index contributed by atoms with van der Waals surface area (Å²) in [5.74, 6) is -2.66. The topological polar surface area (TPSA) is 174 Å². The third-order valence-corrected chi connectivity index (χ3v) is 7.51. The number of aliphatic carboxylic acids is 1. The lowest BCUT2D eigenvalue weighted by Crippen LogP contribution is -2.73. The van der Waals surface area contributed by atoms with E-state index in [1.807, 2.05) is 6.92 Å². The number of unbranched alkanes of at least 4 members (excludes halogenated alkanes) is 1. The van der Waals surface area contributed by atoms with Crippen LogP contribution in [0.5, 0.6) is 0 Å². The molecule has 2 saturated heterocycles. The Kier molecular flexibility index (Phi) is 8.15. The van der Waals surface area contributed by atoms with E-state index in [1.165, 1.54) is 28.1 Å². The van der Waals surface area contributed by atoms with Crippen LogP contribution in [0.2, 0.25) is 0 Å². The molecule has 1 aromatic heterocycles. The van der Waals surface area contributed by atoms with E-state index in [9.17, 15) is 24.3 Å². The molecule has 14 heteroatoms. The van der Waals surface area contributed by atoms with Crippen molar-refractivity contribution in [3.8, 4) is 0 Å². The average molecular weight is 512 g/mol. The molecular weight excluding hydrogens is 486 g/mol. The second kappa shape index (κ2) is 10.9. The van der Waals surface area contributed by atoms with E-state index in [0.29, 0.717) is 6.42 Å². The van der Waals surface area contributed by atoms with Gasteiger partial charge < -0.3 is 30.6 Å². The van der Waals surface area contributed by atoms with Crippen LogP contribution in [0, 0.1) is 5.41 Å². The predicted octanol–water partition coefficient (Wildman–Crippen LogP) is 0.446. The van der Waals surface area contributed by atoms with Crippen molar-refractivity contribution in [3.05, 3.63) is 23.7 Å². The molecule has 2 unspecified atom stereocenters. The Bertz CT molecular complexity index is 1010. The monoisotopic (exact) mass is 511 g/mol. The molecule has 184 valence electrons. The summed E-state index contributed by atoms with van der Waals surface area (Å²) in [4.78, 5) is 59.4. The number of hydrogen-bond acceptors (Lipinski definition) is 11. The van der Waals surface area contributed by atoms with Crippen LogP contribution in [-0.2, 0) is 28.8 Å². The number of thiazole rings is 1. The number of carbonyl (C=O) groups is 4. The van der Waals surface area contributed by atoms with Gasteiger partial charge in [0.05, 0.1) is 6.61 Å². The minimum Gasteiger partial charge on any atom is -0.481 e. The number of β-lactam (4-membered cyclic amide) rings is 1. The Morgan fingerprint density at radius 2 is 2.26 bits per heavy atom. The highest BCUT2D eigenvalue weighted by Gasteiger charge is 2.56. The number of nitrogens with zero attached hydrogens (tertiary/aromatic N) is 3. The molecule has 3 heterocycles. The van der Waals surface area contributed by atoms with Crippen molar-refractivity contribution in [1.82, 2.24) is 15.2 Å². The van der Waals surface area contributed by atoms with E-state index in [1.54, 1.807) is 0 Å². The summed E-state index contributed by atoms with van der Waals surface area (Å²) in [5.41, 5.74) is 4.28. The largest absolute Gasteiger partial charge is 0.481 e. The van der Waals surface area contributed by atoms with E-state index in [4.69, 9.17) is 15.3 Å². The zero-order chi connectivity index (χ0) is 24.9. The van der Waals surface area contributed by atoms with Gasteiger partial charge in [0.1, 0.15) is 22.5 Å². The Hall–Kier alpha value is -3.13. The standard InChI is InChI=1S/C20H25N5O7S2/c1-3-5-6-31-12(26)7-32-24-13(11-8-33-19(21)22-11)15(27)23-14-16(28)25-9-20(4-2,18(29)30)10-34-17(14)25/h4,8,14,17H,2-3,5-7,9-10H2,1H3,(H2,21,22)(H,23,27)(H,29,30)/t14?,17-,20?/m1/s1. The number of ether oxygens (including phenoxy) is 1. The van der Waals surface area contributed by atoms with Crippen molar-refractivity contribution >= 4 is 57.7 Å². The van der Waals surface area contributed by atoms with Crippen LogP contribution < -0.4 is 11.1 Å². The number of oxime groups is 1. The van der Waals surface area contributed by atoms with Gasteiger partial charge in [-0.15, -0.1) is 29.7 Å². The summed E-state index contributed by atoms with van der Waals surface area (Å²) in [6.45, 7) is 5.27.